The van der Waals surface area contributed by atoms with Gasteiger partial charge in [0.2, 0.25) is 0 Å². The number of hydrogen-bond donors (Lipinski definition) is 1. The zero-order chi connectivity index (χ0) is 9.97. The number of ether oxygens (including phenoxy) is 1. The quantitative estimate of drug-likeness (QED) is 0.913. The van der Waals surface area contributed by atoms with Crippen molar-refractivity contribution in [3.63, 3.8) is 0 Å². The molecule has 0 amide bonds. The summed E-state index contributed by atoms with van der Waals surface area (Å²) in [5, 5.41) is 1.14. The van der Waals surface area contributed by atoms with E-state index in [-0.39, 0.29) is 0 Å². The van der Waals surface area contributed by atoms with Gasteiger partial charge in [-0.2, -0.15) is 0 Å². The minimum absolute atomic E-state index is 0.516. The van der Waals surface area contributed by atoms with E-state index in [1.54, 1.807) is 18.6 Å². The van der Waals surface area contributed by atoms with Crippen LogP contribution in [0.15, 0.2) is 29.1 Å². The van der Waals surface area contributed by atoms with Crippen LogP contribution in [0.2, 0.25) is 0 Å². The lowest BCUT2D eigenvalue weighted by Crippen LogP contribution is -1.83. The normalized spacial score (nSPS) is 10.1. The van der Waals surface area contributed by atoms with Gasteiger partial charge >= 0.3 is 0 Å². The fourth-order valence-corrected chi connectivity index (χ4v) is 1.76. The second-order valence-corrected chi connectivity index (χ2v) is 4.41. The minimum Gasteiger partial charge on any atom is -0.429 e. The van der Waals surface area contributed by atoms with Gasteiger partial charge in [0, 0.05) is 10.7 Å². The molecule has 2 heterocycles. The van der Waals surface area contributed by atoms with Crippen LogP contribution in [0.3, 0.4) is 0 Å². The number of thiazole rings is 1. The molecule has 0 aliphatic heterocycles. The van der Waals surface area contributed by atoms with Crippen LogP contribution in [0, 0.1) is 0 Å². The first-order valence-electron chi connectivity index (χ1n) is 3.74. The maximum absolute atomic E-state index is 5.51. The third kappa shape index (κ3) is 2.21. The summed E-state index contributed by atoms with van der Waals surface area (Å²) in [4.78, 5) is 7.93. The van der Waals surface area contributed by atoms with Crippen molar-refractivity contribution in [2.24, 2.45) is 0 Å². The molecule has 0 fully saturated rings. The number of aromatic nitrogens is 2. The van der Waals surface area contributed by atoms with Crippen LogP contribution in [0.4, 0.5) is 5.00 Å². The lowest BCUT2D eigenvalue weighted by Gasteiger charge is -1.99. The highest BCUT2D eigenvalue weighted by Crippen LogP contribution is 2.28. The van der Waals surface area contributed by atoms with Gasteiger partial charge in [0.1, 0.15) is 10.8 Å². The Balaban J connectivity index is 2.18. The molecule has 0 radical (unpaired) electrons. The van der Waals surface area contributed by atoms with Gasteiger partial charge in [-0.3, -0.25) is 4.98 Å². The number of nitrogens with two attached hydrogens (primary N) is 1. The van der Waals surface area contributed by atoms with Crippen LogP contribution in [-0.2, 0) is 0 Å². The molecule has 0 unspecified atom stereocenters. The summed E-state index contributed by atoms with van der Waals surface area (Å²) < 4.78 is 6.28. The maximum Gasteiger partial charge on any atom is 0.280 e. The summed E-state index contributed by atoms with van der Waals surface area (Å²) in [5.41, 5.74) is 5.51. The first kappa shape index (κ1) is 9.42. The fourth-order valence-electron chi connectivity index (χ4n) is 0.866. The van der Waals surface area contributed by atoms with Crippen molar-refractivity contribution < 1.29 is 4.74 Å². The van der Waals surface area contributed by atoms with Crippen molar-refractivity contribution >= 4 is 32.3 Å². The number of hydrogen-bond acceptors (Lipinski definition) is 5. The van der Waals surface area contributed by atoms with E-state index in [1.165, 1.54) is 11.3 Å². The van der Waals surface area contributed by atoms with E-state index in [0.717, 1.165) is 4.47 Å². The van der Waals surface area contributed by atoms with Gasteiger partial charge in [0.25, 0.3) is 5.19 Å². The number of rotatable bonds is 2. The molecule has 0 bridgehead atoms. The topological polar surface area (TPSA) is 61.0 Å². The highest BCUT2D eigenvalue weighted by molar-refractivity contribution is 9.10. The molecular formula is C8H6BrN3OS. The van der Waals surface area contributed by atoms with Gasteiger partial charge in [-0.1, -0.05) is 11.3 Å². The van der Waals surface area contributed by atoms with E-state index in [1.807, 2.05) is 6.07 Å². The van der Waals surface area contributed by atoms with Crippen molar-refractivity contribution in [1.82, 2.24) is 9.97 Å². The summed E-state index contributed by atoms with van der Waals surface area (Å²) in [6.07, 6.45) is 4.86. The lowest BCUT2D eigenvalue weighted by atomic mass is 10.5. The Bertz CT molecular complexity index is 446. The maximum atomic E-state index is 5.51. The third-order valence-electron chi connectivity index (χ3n) is 1.39. The SMILES string of the molecule is Nc1cnc(Oc2cncc(Br)c2)s1. The summed E-state index contributed by atoms with van der Waals surface area (Å²) >= 11 is 4.59. The molecule has 4 nitrogen and oxygen atoms in total. The summed E-state index contributed by atoms with van der Waals surface area (Å²) in [7, 11) is 0. The van der Waals surface area contributed by atoms with Gasteiger partial charge in [0.15, 0.2) is 0 Å². The highest BCUT2D eigenvalue weighted by atomic mass is 79.9. The van der Waals surface area contributed by atoms with Crippen LogP contribution in [0.25, 0.3) is 0 Å². The van der Waals surface area contributed by atoms with E-state index in [9.17, 15) is 0 Å². The Morgan fingerprint density at radius 1 is 1.36 bits per heavy atom. The molecule has 2 aromatic rings. The molecule has 0 aliphatic rings. The molecule has 2 N–H and O–H groups in total. The number of nitrogen functional groups attached to an aromatic ring is 1. The summed E-state index contributed by atoms with van der Waals surface area (Å²) in [6.45, 7) is 0. The Morgan fingerprint density at radius 2 is 2.21 bits per heavy atom. The molecule has 14 heavy (non-hydrogen) atoms. The van der Waals surface area contributed by atoms with Gasteiger partial charge < -0.3 is 10.5 Å². The van der Waals surface area contributed by atoms with Crippen LogP contribution in [0.5, 0.6) is 10.9 Å². The fraction of sp³-hybridized carbons (Fsp3) is 0. The zero-order valence-electron chi connectivity index (χ0n) is 6.98. The molecule has 0 atom stereocenters. The molecule has 6 heteroatoms. The van der Waals surface area contributed by atoms with Crippen molar-refractivity contribution in [3.05, 3.63) is 29.1 Å². The van der Waals surface area contributed by atoms with Gasteiger partial charge in [-0.05, 0) is 22.0 Å². The average Bonchev–Trinajstić information content (AvgIpc) is 2.51. The molecule has 0 aliphatic carbocycles. The number of anilines is 1. The standard InChI is InChI=1S/C8H6BrN3OS/c9-5-1-6(3-11-2-5)13-8-12-4-7(10)14-8/h1-4H,10H2. The van der Waals surface area contributed by atoms with Gasteiger partial charge in [-0.15, -0.1) is 0 Å². The smallest absolute Gasteiger partial charge is 0.280 e. The second-order valence-electron chi connectivity index (χ2n) is 2.47. The zero-order valence-corrected chi connectivity index (χ0v) is 9.38. The minimum atomic E-state index is 0.516. The average molecular weight is 272 g/mol. The van der Waals surface area contributed by atoms with E-state index < -0.39 is 0 Å². The Kier molecular flexibility index (Phi) is 2.64. The molecule has 0 aromatic carbocycles. The van der Waals surface area contributed by atoms with Crippen LogP contribution in [0.1, 0.15) is 0 Å². The van der Waals surface area contributed by atoms with E-state index in [4.69, 9.17) is 10.5 Å². The molecule has 72 valence electrons. The van der Waals surface area contributed by atoms with Crippen LogP contribution < -0.4 is 10.5 Å². The van der Waals surface area contributed by atoms with Crippen molar-refractivity contribution in [2.45, 2.75) is 0 Å². The molecular weight excluding hydrogens is 266 g/mol. The van der Waals surface area contributed by atoms with Crippen molar-refractivity contribution in [1.29, 1.82) is 0 Å². The third-order valence-corrected chi connectivity index (χ3v) is 2.53. The van der Waals surface area contributed by atoms with Crippen molar-refractivity contribution in [2.75, 3.05) is 5.73 Å². The van der Waals surface area contributed by atoms with Gasteiger partial charge in [-0.25, -0.2) is 4.98 Å². The molecule has 0 spiro atoms. The predicted octanol–water partition coefficient (Wildman–Crippen LogP) is 2.68. The monoisotopic (exact) mass is 271 g/mol. The van der Waals surface area contributed by atoms with Crippen LogP contribution in [-0.4, -0.2) is 9.97 Å². The Hall–Kier alpha value is -1.14. The first-order chi connectivity index (χ1) is 6.74. The van der Waals surface area contributed by atoms with Gasteiger partial charge in [0.05, 0.1) is 12.4 Å². The summed E-state index contributed by atoms with van der Waals surface area (Å²) in [5.74, 6) is 0.633. The summed E-state index contributed by atoms with van der Waals surface area (Å²) in [6, 6.07) is 1.81. The highest BCUT2D eigenvalue weighted by Gasteiger charge is 2.02. The van der Waals surface area contributed by atoms with E-state index >= 15 is 0 Å². The Labute approximate surface area is 92.9 Å². The number of halogens is 1. The molecule has 0 saturated heterocycles. The van der Waals surface area contributed by atoms with Crippen LogP contribution >= 0.6 is 27.3 Å². The molecule has 2 rings (SSSR count). The van der Waals surface area contributed by atoms with E-state index in [2.05, 4.69) is 25.9 Å². The Morgan fingerprint density at radius 3 is 2.86 bits per heavy atom. The van der Waals surface area contributed by atoms with E-state index in [0.29, 0.717) is 15.9 Å². The lowest BCUT2D eigenvalue weighted by molar-refractivity contribution is 0.476. The molecule has 0 saturated carbocycles. The number of nitrogens with zero attached hydrogens (tertiary/aromatic N) is 2. The van der Waals surface area contributed by atoms with Crippen molar-refractivity contribution in [3.8, 4) is 10.9 Å². The number of pyridine rings is 1. The first-order valence-corrected chi connectivity index (χ1v) is 5.35. The predicted molar refractivity (Wildman–Crippen MR) is 58.5 cm³/mol. The largest absolute Gasteiger partial charge is 0.429 e. The molecule has 2 aromatic heterocycles. The second kappa shape index (κ2) is 3.93.